The van der Waals surface area contributed by atoms with Gasteiger partial charge in [0, 0.05) is 17.2 Å². The predicted molar refractivity (Wildman–Crippen MR) is 87.9 cm³/mol. The lowest BCUT2D eigenvalue weighted by atomic mass is 9.92. The van der Waals surface area contributed by atoms with Crippen LogP contribution in [-0.2, 0) is 6.42 Å². The van der Waals surface area contributed by atoms with Gasteiger partial charge in [-0.3, -0.25) is 4.79 Å². The number of nitrogens with one attached hydrogen (secondary N) is 2. The number of rotatable bonds is 2. The van der Waals surface area contributed by atoms with Crippen molar-refractivity contribution in [2.75, 3.05) is 0 Å². The van der Waals surface area contributed by atoms with Crippen molar-refractivity contribution < 1.29 is 4.79 Å². The molecule has 1 amide bonds. The minimum atomic E-state index is 0.0201. The second-order valence-electron chi connectivity index (χ2n) is 5.88. The van der Waals surface area contributed by atoms with Crippen molar-refractivity contribution in [3.8, 4) is 22.4 Å². The molecule has 23 heavy (non-hydrogen) atoms. The van der Waals surface area contributed by atoms with Crippen LogP contribution in [0.1, 0.15) is 22.8 Å². The summed E-state index contributed by atoms with van der Waals surface area (Å²) in [7, 11) is 0. The molecule has 0 radical (unpaired) electrons. The lowest BCUT2D eigenvalue weighted by Crippen LogP contribution is -2.39. The van der Waals surface area contributed by atoms with E-state index in [9.17, 15) is 4.79 Å². The van der Waals surface area contributed by atoms with Crippen LogP contribution < -0.4 is 5.32 Å². The minimum Gasteiger partial charge on any atom is -0.349 e. The molecule has 1 aromatic heterocycles. The number of hydrogen-bond donors (Lipinski definition) is 2. The Kier molecular flexibility index (Phi) is 3.19. The van der Waals surface area contributed by atoms with Crippen LogP contribution in [0.2, 0.25) is 0 Å². The maximum absolute atomic E-state index is 12.0. The van der Waals surface area contributed by atoms with Crippen LogP contribution in [-0.4, -0.2) is 27.4 Å². The summed E-state index contributed by atoms with van der Waals surface area (Å²) in [4.78, 5) is 12.0. The van der Waals surface area contributed by atoms with Gasteiger partial charge in [0.15, 0.2) is 0 Å². The Labute approximate surface area is 133 Å². The first-order valence-corrected chi connectivity index (χ1v) is 7.61. The fourth-order valence-corrected chi connectivity index (χ4v) is 3.02. The maximum atomic E-state index is 12.0. The van der Waals surface area contributed by atoms with Crippen molar-refractivity contribution >= 4 is 5.91 Å². The van der Waals surface area contributed by atoms with Gasteiger partial charge in [-0.2, -0.15) is 15.4 Å². The molecule has 2 aromatic carbocycles. The molecular formula is C18H16N4O. The summed E-state index contributed by atoms with van der Waals surface area (Å²) in [6.45, 7) is 2.03. The topological polar surface area (TPSA) is 70.7 Å². The van der Waals surface area contributed by atoms with Gasteiger partial charge in [0.1, 0.15) is 5.69 Å². The number of carbonyl (C=O) groups is 1. The Morgan fingerprint density at radius 3 is 2.52 bits per heavy atom. The van der Waals surface area contributed by atoms with Gasteiger partial charge < -0.3 is 5.32 Å². The number of amides is 1. The highest BCUT2D eigenvalue weighted by Crippen LogP contribution is 2.27. The predicted octanol–water partition coefficient (Wildman–Crippen LogP) is 2.81. The summed E-state index contributed by atoms with van der Waals surface area (Å²) in [5.41, 5.74) is 5.99. The molecule has 5 nitrogen and oxygen atoms in total. The number of nitrogens with zero attached hydrogens (tertiary/aromatic N) is 2. The SMILES string of the molecule is CC1Cc2cc(-c3ccc(-c4cn[nH]n4)cc3)ccc2C(=O)N1. The second kappa shape index (κ2) is 5.35. The van der Waals surface area contributed by atoms with Crippen molar-refractivity contribution in [2.24, 2.45) is 0 Å². The number of fused-ring (bicyclic) bond motifs is 1. The molecular weight excluding hydrogens is 288 g/mol. The van der Waals surface area contributed by atoms with Gasteiger partial charge in [-0.05, 0) is 36.1 Å². The van der Waals surface area contributed by atoms with Crippen LogP contribution in [0, 0.1) is 0 Å². The number of aromatic amines is 1. The Morgan fingerprint density at radius 2 is 1.78 bits per heavy atom. The third-order valence-electron chi connectivity index (χ3n) is 4.18. The zero-order chi connectivity index (χ0) is 15.8. The van der Waals surface area contributed by atoms with E-state index in [0.29, 0.717) is 0 Å². The molecule has 0 saturated carbocycles. The molecule has 0 fully saturated rings. The lowest BCUT2D eigenvalue weighted by molar-refractivity contribution is 0.0929. The number of hydrogen-bond acceptors (Lipinski definition) is 3. The van der Waals surface area contributed by atoms with E-state index in [2.05, 4.69) is 38.9 Å². The summed E-state index contributed by atoms with van der Waals surface area (Å²) in [6.07, 6.45) is 2.57. The first kappa shape index (κ1) is 13.7. The van der Waals surface area contributed by atoms with Crippen molar-refractivity contribution in [2.45, 2.75) is 19.4 Å². The van der Waals surface area contributed by atoms with E-state index < -0.39 is 0 Å². The smallest absolute Gasteiger partial charge is 0.251 e. The van der Waals surface area contributed by atoms with Crippen LogP contribution in [0.3, 0.4) is 0 Å². The Morgan fingerprint density at radius 1 is 1.04 bits per heavy atom. The van der Waals surface area contributed by atoms with Crippen LogP contribution in [0.4, 0.5) is 0 Å². The molecule has 4 rings (SSSR count). The van der Waals surface area contributed by atoms with E-state index in [4.69, 9.17) is 0 Å². The van der Waals surface area contributed by atoms with E-state index >= 15 is 0 Å². The Bertz CT molecular complexity index is 853. The largest absolute Gasteiger partial charge is 0.349 e. The molecule has 2 N–H and O–H groups in total. The molecule has 2 heterocycles. The van der Waals surface area contributed by atoms with Crippen LogP contribution in [0.25, 0.3) is 22.4 Å². The van der Waals surface area contributed by atoms with Gasteiger partial charge in [0.05, 0.1) is 6.20 Å². The van der Waals surface area contributed by atoms with E-state index in [0.717, 1.165) is 39.9 Å². The lowest BCUT2D eigenvalue weighted by Gasteiger charge is -2.23. The summed E-state index contributed by atoms with van der Waals surface area (Å²) >= 11 is 0. The summed E-state index contributed by atoms with van der Waals surface area (Å²) in [5.74, 6) is 0.0201. The van der Waals surface area contributed by atoms with Crippen LogP contribution in [0.5, 0.6) is 0 Å². The minimum absolute atomic E-state index is 0.0201. The van der Waals surface area contributed by atoms with Gasteiger partial charge >= 0.3 is 0 Å². The van der Waals surface area contributed by atoms with E-state index in [1.54, 1.807) is 6.20 Å². The standard InChI is InChI=1S/C18H16N4O/c1-11-8-15-9-14(6-7-16(15)18(23)20-11)12-2-4-13(5-3-12)17-10-19-22-21-17/h2-7,9-11H,8H2,1H3,(H,20,23)(H,19,21,22). The Hall–Kier alpha value is -2.95. The first-order chi connectivity index (χ1) is 11.2. The number of H-pyrrole nitrogens is 1. The van der Waals surface area contributed by atoms with Gasteiger partial charge in [0.2, 0.25) is 0 Å². The molecule has 0 bridgehead atoms. The highest BCUT2D eigenvalue weighted by Gasteiger charge is 2.21. The van der Waals surface area contributed by atoms with Crippen molar-refractivity contribution in [1.29, 1.82) is 0 Å². The third kappa shape index (κ3) is 2.50. The van der Waals surface area contributed by atoms with E-state index in [-0.39, 0.29) is 11.9 Å². The summed E-state index contributed by atoms with van der Waals surface area (Å²) in [5, 5.41) is 13.5. The average molecular weight is 304 g/mol. The molecule has 0 aliphatic carbocycles. The average Bonchev–Trinajstić information content (AvgIpc) is 3.09. The van der Waals surface area contributed by atoms with Gasteiger partial charge in [0.25, 0.3) is 5.91 Å². The molecule has 1 atom stereocenters. The molecule has 1 unspecified atom stereocenters. The maximum Gasteiger partial charge on any atom is 0.251 e. The highest BCUT2D eigenvalue weighted by molar-refractivity contribution is 5.97. The van der Waals surface area contributed by atoms with Gasteiger partial charge in [-0.15, -0.1) is 0 Å². The van der Waals surface area contributed by atoms with Gasteiger partial charge in [-0.1, -0.05) is 36.4 Å². The van der Waals surface area contributed by atoms with Crippen molar-refractivity contribution in [1.82, 2.24) is 20.7 Å². The summed E-state index contributed by atoms with van der Waals surface area (Å²) < 4.78 is 0. The first-order valence-electron chi connectivity index (χ1n) is 7.61. The molecule has 0 saturated heterocycles. The fraction of sp³-hybridized carbons (Fsp3) is 0.167. The number of benzene rings is 2. The zero-order valence-electron chi connectivity index (χ0n) is 12.7. The van der Waals surface area contributed by atoms with Crippen molar-refractivity contribution in [3.63, 3.8) is 0 Å². The van der Waals surface area contributed by atoms with Crippen LogP contribution >= 0.6 is 0 Å². The third-order valence-corrected chi connectivity index (χ3v) is 4.18. The van der Waals surface area contributed by atoms with Crippen LogP contribution in [0.15, 0.2) is 48.7 Å². The van der Waals surface area contributed by atoms with E-state index in [1.165, 1.54) is 0 Å². The molecule has 1 aliphatic heterocycles. The van der Waals surface area contributed by atoms with Crippen molar-refractivity contribution in [3.05, 3.63) is 59.8 Å². The Balaban J connectivity index is 1.68. The summed E-state index contributed by atoms with van der Waals surface area (Å²) in [6, 6.07) is 14.4. The quantitative estimate of drug-likeness (QED) is 0.765. The molecule has 5 heteroatoms. The number of aromatic nitrogens is 3. The number of carbonyl (C=O) groups excluding carboxylic acids is 1. The molecule has 0 spiro atoms. The zero-order valence-corrected chi connectivity index (χ0v) is 12.7. The highest BCUT2D eigenvalue weighted by atomic mass is 16.1. The monoisotopic (exact) mass is 304 g/mol. The molecule has 3 aromatic rings. The normalized spacial score (nSPS) is 16.7. The molecule has 1 aliphatic rings. The second-order valence-corrected chi connectivity index (χ2v) is 5.88. The van der Waals surface area contributed by atoms with Gasteiger partial charge in [-0.25, -0.2) is 0 Å². The fourth-order valence-electron chi connectivity index (χ4n) is 3.02. The van der Waals surface area contributed by atoms with E-state index in [1.807, 2.05) is 31.2 Å². The molecule has 114 valence electrons.